The van der Waals surface area contributed by atoms with Gasteiger partial charge in [-0.3, -0.25) is 4.79 Å². The first kappa shape index (κ1) is 18.2. The van der Waals surface area contributed by atoms with E-state index in [9.17, 15) is 9.18 Å². The second-order valence-corrected chi connectivity index (χ2v) is 5.49. The highest BCUT2D eigenvalue weighted by molar-refractivity contribution is 7.59. The first-order valence-corrected chi connectivity index (χ1v) is 5.54. The van der Waals surface area contributed by atoms with Crippen LogP contribution in [0.5, 0.6) is 0 Å². The van der Waals surface area contributed by atoms with Crippen LogP contribution >= 0.6 is 61.8 Å². The van der Waals surface area contributed by atoms with E-state index < -0.39 is 28.0 Å². The molecule has 1 aromatic rings. The van der Waals surface area contributed by atoms with Crippen molar-refractivity contribution < 1.29 is 14.3 Å². The molecule has 2 rings (SSSR count). The monoisotopic (exact) mass is 350 g/mol. The first-order chi connectivity index (χ1) is 7.35. The number of hydrogen-bond donors (Lipinski definition) is 1. The van der Waals surface area contributed by atoms with Gasteiger partial charge in [-0.05, 0) is 17.7 Å². The van der Waals surface area contributed by atoms with Crippen molar-refractivity contribution in [2.45, 2.75) is 10.3 Å². The lowest BCUT2D eigenvalue weighted by molar-refractivity contribution is -0.138. The van der Waals surface area contributed by atoms with E-state index in [1.165, 1.54) is 18.2 Å². The highest BCUT2D eigenvalue weighted by atomic mass is 35.5. The molecule has 0 bridgehead atoms. The van der Waals surface area contributed by atoms with Crippen LogP contribution in [-0.2, 0) is 4.79 Å². The van der Waals surface area contributed by atoms with Crippen molar-refractivity contribution in [3.05, 3.63) is 34.6 Å². The van der Waals surface area contributed by atoms with Gasteiger partial charge in [-0.25, -0.2) is 4.39 Å². The summed E-state index contributed by atoms with van der Waals surface area (Å²) in [5, 5.41) is 8.80. The molecule has 8 heteroatoms. The maximum Gasteiger partial charge on any atom is 0.310 e. The normalized spacial score (nSPS) is 23.6. The molecule has 0 radical (unpaired) electrons. The summed E-state index contributed by atoms with van der Waals surface area (Å²) in [6.07, 6.45) is 0. The lowest BCUT2D eigenvalue weighted by Gasteiger charge is -2.01. The van der Waals surface area contributed by atoms with Gasteiger partial charge in [-0.15, -0.1) is 0 Å². The van der Waals surface area contributed by atoms with E-state index >= 15 is 0 Å². The van der Waals surface area contributed by atoms with E-state index in [4.69, 9.17) is 39.9 Å². The number of halogens is 4. The SMILES string of the molecule is O=C(O)[C@@H]1C(c2ccc(F)c(Cl)c2)C1(Cl)Cl.S.S. The van der Waals surface area contributed by atoms with Crippen molar-refractivity contribution in [2.24, 2.45) is 5.92 Å². The molecular formula is C10H10Cl3FO2S2. The summed E-state index contributed by atoms with van der Waals surface area (Å²) < 4.78 is 11.6. The number of carboxylic acids is 1. The Morgan fingerprint density at radius 1 is 1.33 bits per heavy atom. The van der Waals surface area contributed by atoms with Crippen LogP contribution < -0.4 is 0 Å². The number of aliphatic carboxylic acids is 1. The largest absolute Gasteiger partial charge is 0.481 e. The first-order valence-electron chi connectivity index (χ1n) is 4.41. The molecule has 1 unspecified atom stereocenters. The molecule has 0 saturated heterocycles. The molecule has 2 nitrogen and oxygen atoms in total. The molecule has 102 valence electrons. The molecule has 0 amide bonds. The van der Waals surface area contributed by atoms with E-state index in [-0.39, 0.29) is 32.0 Å². The van der Waals surface area contributed by atoms with Crippen molar-refractivity contribution in [3.63, 3.8) is 0 Å². The standard InChI is InChI=1S/C10H6Cl3FO2.2H2S/c11-5-3-4(1-2-6(5)14)7-8(9(15)16)10(7,12)13;;/h1-3,7-8H,(H,15,16);2*1H2/t7?,8-;;/m0../s1. The Morgan fingerprint density at radius 3 is 2.28 bits per heavy atom. The van der Waals surface area contributed by atoms with Crippen molar-refractivity contribution in [3.8, 4) is 0 Å². The third-order valence-electron chi connectivity index (χ3n) is 2.62. The van der Waals surface area contributed by atoms with E-state index in [1.54, 1.807) is 0 Å². The summed E-state index contributed by atoms with van der Waals surface area (Å²) >= 11 is 17.3. The number of carbonyl (C=O) groups is 1. The number of rotatable bonds is 2. The topological polar surface area (TPSA) is 37.3 Å². The minimum atomic E-state index is -1.34. The Hall–Kier alpha value is 0.190. The lowest BCUT2D eigenvalue weighted by atomic mass is 10.1. The molecule has 2 atom stereocenters. The minimum absolute atomic E-state index is 0. The predicted molar refractivity (Wildman–Crippen MR) is 80.5 cm³/mol. The summed E-state index contributed by atoms with van der Waals surface area (Å²) in [6.45, 7) is 0. The molecule has 1 aliphatic carbocycles. The smallest absolute Gasteiger partial charge is 0.310 e. The van der Waals surface area contributed by atoms with E-state index in [0.29, 0.717) is 5.56 Å². The molecule has 0 aliphatic heterocycles. The minimum Gasteiger partial charge on any atom is -0.481 e. The lowest BCUT2D eigenvalue weighted by Crippen LogP contribution is -2.03. The van der Waals surface area contributed by atoms with Crippen LogP contribution in [0.15, 0.2) is 18.2 Å². The fourth-order valence-corrected chi connectivity index (χ4v) is 2.76. The van der Waals surface area contributed by atoms with Gasteiger partial charge in [0.25, 0.3) is 0 Å². The molecular weight excluding hydrogens is 342 g/mol. The zero-order valence-corrected chi connectivity index (χ0v) is 13.0. The van der Waals surface area contributed by atoms with Crippen molar-refractivity contribution in [1.29, 1.82) is 0 Å². The van der Waals surface area contributed by atoms with Crippen LogP contribution in [0.4, 0.5) is 4.39 Å². The third kappa shape index (κ3) is 3.02. The Labute approximate surface area is 132 Å². The van der Waals surface area contributed by atoms with Crippen LogP contribution in [0.25, 0.3) is 0 Å². The summed E-state index contributed by atoms with van der Waals surface area (Å²) in [4.78, 5) is 10.8. The maximum atomic E-state index is 12.9. The van der Waals surface area contributed by atoms with E-state index in [1.807, 2.05) is 0 Å². The molecule has 1 N–H and O–H groups in total. The second kappa shape index (κ2) is 6.09. The highest BCUT2D eigenvalue weighted by Crippen LogP contribution is 2.65. The van der Waals surface area contributed by atoms with Gasteiger partial charge in [0.2, 0.25) is 0 Å². The Bertz CT molecular complexity index is 470. The molecule has 0 spiro atoms. The second-order valence-electron chi connectivity index (χ2n) is 3.64. The van der Waals surface area contributed by atoms with Gasteiger partial charge >= 0.3 is 5.97 Å². The fourth-order valence-electron chi connectivity index (χ4n) is 1.75. The summed E-state index contributed by atoms with van der Waals surface area (Å²) in [5.74, 6) is -3.06. The van der Waals surface area contributed by atoms with Gasteiger partial charge in [-0.1, -0.05) is 40.9 Å². The summed E-state index contributed by atoms with van der Waals surface area (Å²) in [7, 11) is 0. The average molecular weight is 352 g/mol. The number of hydrogen-bond acceptors (Lipinski definition) is 1. The molecule has 1 saturated carbocycles. The number of carboxylic acid groups (broad SMARTS) is 1. The molecule has 0 heterocycles. The predicted octanol–water partition coefficient (Wildman–Crippen LogP) is 3.68. The van der Waals surface area contributed by atoms with Gasteiger partial charge < -0.3 is 5.11 Å². The van der Waals surface area contributed by atoms with Gasteiger partial charge in [-0.2, -0.15) is 27.0 Å². The maximum absolute atomic E-state index is 12.9. The van der Waals surface area contributed by atoms with Crippen LogP contribution in [0.3, 0.4) is 0 Å². The Morgan fingerprint density at radius 2 is 1.89 bits per heavy atom. The zero-order chi connectivity index (χ0) is 12.1. The fraction of sp³-hybridized carbons (Fsp3) is 0.300. The van der Waals surface area contributed by atoms with Gasteiger partial charge in [0.05, 0.1) is 10.9 Å². The zero-order valence-electron chi connectivity index (χ0n) is 8.75. The Balaban J connectivity index is 0.00000144. The quantitative estimate of drug-likeness (QED) is 0.825. The summed E-state index contributed by atoms with van der Waals surface area (Å²) in [6, 6.07) is 3.96. The molecule has 18 heavy (non-hydrogen) atoms. The van der Waals surface area contributed by atoms with Crippen molar-refractivity contribution >= 4 is 67.8 Å². The molecule has 1 aliphatic rings. The van der Waals surface area contributed by atoms with Gasteiger partial charge in [0.15, 0.2) is 0 Å². The average Bonchev–Trinajstić information content (AvgIpc) is 2.74. The van der Waals surface area contributed by atoms with Crippen molar-refractivity contribution in [1.82, 2.24) is 0 Å². The molecule has 1 fully saturated rings. The van der Waals surface area contributed by atoms with Crippen LogP contribution in [0.1, 0.15) is 11.5 Å². The number of alkyl halides is 2. The summed E-state index contributed by atoms with van der Waals surface area (Å²) in [5.41, 5.74) is 0.531. The van der Waals surface area contributed by atoms with Crippen LogP contribution in [-0.4, -0.2) is 15.4 Å². The molecule has 1 aromatic carbocycles. The van der Waals surface area contributed by atoms with E-state index in [0.717, 1.165) is 0 Å². The third-order valence-corrected chi connectivity index (χ3v) is 3.85. The highest BCUT2D eigenvalue weighted by Gasteiger charge is 2.68. The number of benzene rings is 1. The van der Waals surface area contributed by atoms with Crippen molar-refractivity contribution in [2.75, 3.05) is 0 Å². The van der Waals surface area contributed by atoms with Crippen LogP contribution in [0.2, 0.25) is 5.02 Å². The van der Waals surface area contributed by atoms with E-state index in [2.05, 4.69) is 0 Å². The van der Waals surface area contributed by atoms with Gasteiger partial charge in [0.1, 0.15) is 10.2 Å². The van der Waals surface area contributed by atoms with Gasteiger partial charge in [0, 0.05) is 5.92 Å². The Kier molecular flexibility index (Phi) is 6.16. The van der Waals surface area contributed by atoms with Crippen LogP contribution in [0, 0.1) is 11.7 Å². The molecule has 0 aromatic heterocycles.